The summed E-state index contributed by atoms with van der Waals surface area (Å²) >= 11 is 0. The number of ether oxygens (including phenoxy) is 5. The van der Waals surface area contributed by atoms with Crippen LogP contribution in [0.2, 0.25) is 0 Å². The summed E-state index contributed by atoms with van der Waals surface area (Å²) in [6.45, 7) is -2.32. The number of aliphatic hydroxyl groups excluding tert-OH is 11. The second kappa shape index (κ2) is 11.6. The van der Waals surface area contributed by atoms with Gasteiger partial charge in [0.05, 0.1) is 19.8 Å². The third-order valence-corrected chi connectivity index (χ3v) is 6.09. The molecule has 200 valence electrons. The van der Waals surface area contributed by atoms with Crippen LogP contribution < -0.4 is 0 Å². The van der Waals surface area contributed by atoms with E-state index in [1.165, 1.54) is 0 Å². The maximum Gasteiger partial charge on any atom is 0.187 e. The largest absolute Gasteiger partial charge is 0.394 e. The van der Waals surface area contributed by atoms with Gasteiger partial charge in [-0.3, -0.25) is 0 Å². The van der Waals surface area contributed by atoms with Crippen molar-refractivity contribution < 1.29 is 79.9 Å². The van der Waals surface area contributed by atoms with E-state index in [9.17, 15) is 56.2 Å². The van der Waals surface area contributed by atoms with Crippen LogP contribution in [0.15, 0.2) is 0 Å². The van der Waals surface area contributed by atoms with Gasteiger partial charge >= 0.3 is 0 Å². The van der Waals surface area contributed by atoms with E-state index in [2.05, 4.69) is 0 Å². The Hall–Kier alpha value is -0.640. The van der Waals surface area contributed by atoms with Gasteiger partial charge < -0.3 is 79.9 Å². The zero-order valence-electron chi connectivity index (χ0n) is 17.7. The molecule has 0 amide bonds. The van der Waals surface area contributed by atoms with Crippen LogP contribution in [0, 0.1) is 0 Å². The van der Waals surface area contributed by atoms with Gasteiger partial charge in [0.15, 0.2) is 18.9 Å². The van der Waals surface area contributed by atoms with Gasteiger partial charge in [-0.2, -0.15) is 0 Å². The molecule has 0 unspecified atom stereocenters. The van der Waals surface area contributed by atoms with E-state index in [1.54, 1.807) is 0 Å². The molecule has 0 spiro atoms. The van der Waals surface area contributed by atoms with E-state index >= 15 is 0 Å². The minimum atomic E-state index is -1.91. The van der Waals surface area contributed by atoms with Crippen LogP contribution >= 0.6 is 0 Å². The molecule has 0 bridgehead atoms. The van der Waals surface area contributed by atoms with Gasteiger partial charge in [-0.15, -0.1) is 0 Å². The molecule has 34 heavy (non-hydrogen) atoms. The highest BCUT2D eigenvalue weighted by molar-refractivity contribution is 4.96. The van der Waals surface area contributed by atoms with Crippen LogP contribution in [0.5, 0.6) is 0 Å². The third-order valence-electron chi connectivity index (χ3n) is 6.09. The van der Waals surface area contributed by atoms with Gasteiger partial charge in [-0.05, 0) is 0 Å². The summed E-state index contributed by atoms with van der Waals surface area (Å²) in [7, 11) is 0. The molecule has 0 aromatic heterocycles. The standard InChI is InChI=1S/C18H32O16/c19-1-4-7(22)8(23)12(27)17(31-4)34-15-6(3-21)32-18(13(28)10(15)25)33-14-5(2-20)30-16(29)11(26)9(14)24/h4-29H,1-3H2/t4-,5-,6-,7+,8+,9-,10-,11-,12-,13-,14-,15-,16+,17+,18-/m1/s1. The summed E-state index contributed by atoms with van der Waals surface area (Å²) in [5.41, 5.74) is 0. The fourth-order valence-electron chi connectivity index (χ4n) is 4.06. The molecule has 0 saturated carbocycles. The second-order valence-corrected chi connectivity index (χ2v) is 8.33. The quantitative estimate of drug-likeness (QED) is 0.154. The topological polar surface area (TPSA) is 269 Å². The maximum atomic E-state index is 10.6. The molecule has 3 saturated heterocycles. The third kappa shape index (κ3) is 5.37. The van der Waals surface area contributed by atoms with Gasteiger partial charge in [0, 0.05) is 0 Å². The Bertz CT molecular complexity index is 635. The summed E-state index contributed by atoms with van der Waals surface area (Å²) in [5, 5.41) is 109. The molecule has 15 atom stereocenters. The summed E-state index contributed by atoms with van der Waals surface area (Å²) in [6.07, 6.45) is -25.1. The Morgan fingerprint density at radius 2 is 0.853 bits per heavy atom. The van der Waals surface area contributed by atoms with Crippen LogP contribution in [0.25, 0.3) is 0 Å². The van der Waals surface area contributed by atoms with Crippen molar-refractivity contribution in [3.05, 3.63) is 0 Å². The summed E-state index contributed by atoms with van der Waals surface area (Å²) in [6, 6.07) is 0. The van der Waals surface area contributed by atoms with Crippen LogP contribution in [0.3, 0.4) is 0 Å². The number of hydrogen-bond acceptors (Lipinski definition) is 16. The van der Waals surface area contributed by atoms with E-state index in [4.69, 9.17) is 23.7 Å². The number of hydrogen-bond donors (Lipinski definition) is 11. The van der Waals surface area contributed by atoms with E-state index in [-0.39, 0.29) is 0 Å². The lowest BCUT2D eigenvalue weighted by Gasteiger charge is -2.47. The van der Waals surface area contributed by atoms with Crippen molar-refractivity contribution in [2.24, 2.45) is 0 Å². The smallest absolute Gasteiger partial charge is 0.187 e. The highest BCUT2D eigenvalue weighted by Gasteiger charge is 2.53. The minimum absolute atomic E-state index is 0.741. The van der Waals surface area contributed by atoms with Crippen LogP contribution in [-0.2, 0) is 23.7 Å². The first-order chi connectivity index (χ1) is 16.0. The van der Waals surface area contributed by atoms with Crippen molar-refractivity contribution >= 4 is 0 Å². The van der Waals surface area contributed by atoms with Crippen LogP contribution in [0.4, 0.5) is 0 Å². The molecule has 16 heteroatoms. The van der Waals surface area contributed by atoms with E-state index in [0.717, 1.165) is 0 Å². The summed E-state index contributed by atoms with van der Waals surface area (Å²) in [4.78, 5) is 0. The Labute approximate surface area is 192 Å². The first-order valence-corrected chi connectivity index (χ1v) is 10.6. The zero-order valence-corrected chi connectivity index (χ0v) is 17.7. The van der Waals surface area contributed by atoms with Crippen molar-refractivity contribution in [2.75, 3.05) is 19.8 Å². The van der Waals surface area contributed by atoms with E-state index < -0.39 is 112 Å². The fraction of sp³-hybridized carbons (Fsp3) is 1.00. The van der Waals surface area contributed by atoms with Gasteiger partial charge in [-0.25, -0.2) is 0 Å². The van der Waals surface area contributed by atoms with Crippen molar-refractivity contribution in [3.8, 4) is 0 Å². The first-order valence-electron chi connectivity index (χ1n) is 10.6. The van der Waals surface area contributed by atoms with Crippen molar-refractivity contribution in [1.82, 2.24) is 0 Å². The highest BCUT2D eigenvalue weighted by atomic mass is 16.8. The predicted octanol–water partition coefficient (Wildman–Crippen LogP) is -7.57. The first kappa shape index (κ1) is 27.9. The molecule has 3 fully saturated rings. The molecular weight excluding hydrogens is 472 g/mol. The molecule has 3 aliphatic heterocycles. The monoisotopic (exact) mass is 504 g/mol. The van der Waals surface area contributed by atoms with Gasteiger partial charge in [0.25, 0.3) is 0 Å². The Morgan fingerprint density at radius 1 is 0.441 bits per heavy atom. The van der Waals surface area contributed by atoms with Crippen LogP contribution in [-0.4, -0.2) is 168 Å². The number of aliphatic hydroxyl groups is 11. The van der Waals surface area contributed by atoms with Crippen molar-refractivity contribution in [2.45, 2.75) is 92.1 Å². The maximum absolute atomic E-state index is 10.6. The van der Waals surface area contributed by atoms with Crippen molar-refractivity contribution in [1.29, 1.82) is 0 Å². The van der Waals surface area contributed by atoms with E-state index in [0.29, 0.717) is 0 Å². The van der Waals surface area contributed by atoms with Crippen LogP contribution in [0.1, 0.15) is 0 Å². The molecule has 0 aromatic rings. The lowest BCUT2D eigenvalue weighted by molar-refractivity contribution is -0.377. The average Bonchev–Trinajstić information content (AvgIpc) is 2.83. The molecule has 16 nitrogen and oxygen atoms in total. The molecule has 0 radical (unpaired) electrons. The zero-order chi connectivity index (χ0) is 25.3. The van der Waals surface area contributed by atoms with Gasteiger partial charge in [-0.1, -0.05) is 0 Å². The molecule has 0 aromatic carbocycles. The van der Waals surface area contributed by atoms with E-state index in [1.807, 2.05) is 0 Å². The molecular formula is C18H32O16. The predicted molar refractivity (Wildman–Crippen MR) is 101 cm³/mol. The molecule has 3 rings (SSSR count). The Balaban J connectivity index is 1.72. The Kier molecular flexibility index (Phi) is 9.54. The Morgan fingerprint density at radius 3 is 1.35 bits per heavy atom. The molecule has 0 aliphatic carbocycles. The minimum Gasteiger partial charge on any atom is -0.394 e. The fourth-order valence-corrected chi connectivity index (χ4v) is 4.06. The van der Waals surface area contributed by atoms with Gasteiger partial charge in [0.2, 0.25) is 0 Å². The normalized spacial score (nSPS) is 52.5. The molecule has 3 heterocycles. The molecule has 11 N–H and O–H groups in total. The average molecular weight is 504 g/mol. The summed E-state index contributed by atoms with van der Waals surface area (Å²) < 4.78 is 26.4. The SMILES string of the molecule is OC[C@H]1O[C@@H](O[C@H]2[C@H](O)[C@@H](O)[C@@H](O[C@H]3[C@H](O)[C@@H](O)[C@@H](O)O[C@@H]3CO)O[C@@H]2CO)[C@H](O)[C@@H](O)[C@H]1O. The van der Waals surface area contributed by atoms with Gasteiger partial charge in [0.1, 0.15) is 73.2 Å². The lowest BCUT2D eigenvalue weighted by Crippen LogP contribution is -2.66. The highest BCUT2D eigenvalue weighted by Crippen LogP contribution is 2.32. The lowest BCUT2D eigenvalue weighted by atomic mass is 9.96. The second-order valence-electron chi connectivity index (χ2n) is 8.33. The molecule has 3 aliphatic rings. The van der Waals surface area contributed by atoms with Crippen molar-refractivity contribution in [3.63, 3.8) is 0 Å². The number of rotatable bonds is 7. The summed E-state index contributed by atoms with van der Waals surface area (Å²) in [5.74, 6) is 0.